The van der Waals surface area contributed by atoms with Gasteiger partial charge in [-0.25, -0.2) is 8.78 Å². The Morgan fingerprint density at radius 2 is 1.90 bits per heavy atom. The van der Waals surface area contributed by atoms with Crippen LogP contribution in [0.3, 0.4) is 0 Å². The Morgan fingerprint density at radius 3 is 2.57 bits per heavy atom. The summed E-state index contributed by atoms with van der Waals surface area (Å²) in [6.07, 6.45) is 0.746. The van der Waals surface area contributed by atoms with E-state index in [-0.39, 0.29) is 18.8 Å². The second kappa shape index (κ2) is 5.40. The molecule has 1 aromatic heterocycles. The molecule has 1 saturated carbocycles. The minimum Gasteiger partial charge on any atom is -0.382 e. The maximum Gasteiger partial charge on any atom is 0.248 e. The van der Waals surface area contributed by atoms with Crippen molar-refractivity contribution >= 4 is 21.7 Å². The smallest absolute Gasteiger partial charge is 0.248 e. The van der Waals surface area contributed by atoms with Gasteiger partial charge in [0.25, 0.3) is 0 Å². The van der Waals surface area contributed by atoms with E-state index in [4.69, 9.17) is 5.73 Å². The van der Waals surface area contributed by atoms with Crippen molar-refractivity contribution in [1.82, 2.24) is 10.2 Å². The highest BCUT2D eigenvalue weighted by Gasteiger charge is 2.37. The van der Waals surface area contributed by atoms with E-state index in [0.29, 0.717) is 18.7 Å². The number of aromatic nitrogens is 2. The van der Waals surface area contributed by atoms with Crippen molar-refractivity contribution in [1.29, 1.82) is 0 Å². The number of H-pyrrole nitrogens is 1. The van der Waals surface area contributed by atoms with Gasteiger partial charge < -0.3 is 5.73 Å². The van der Waals surface area contributed by atoms with E-state index < -0.39 is 5.92 Å². The highest BCUT2D eigenvalue weighted by molar-refractivity contribution is 9.10. The Bertz CT molecular complexity index is 644. The fraction of sp³-hybridized carbons (Fsp3) is 0.400. The first-order valence-corrected chi connectivity index (χ1v) is 7.74. The number of halogens is 3. The summed E-state index contributed by atoms with van der Waals surface area (Å²) in [6.45, 7) is 0. The molecule has 0 amide bonds. The van der Waals surface area contributed by atoms with Crippen LogP contribution in [0.2, 0.25) is 0 Å². The Morgan fingerprint density at radius 1 is 1.24 bits per heavy atom. The maximum atomic E-state index is 13.3. The third kappa shape index (κ3) is 2.81. The van der Waals surface area contributed by atoms with Gasteiger partial charge in [0.15, 0.2) is 5.82 Å². The predicted octanol–water partition coefficient (Wildman–Crippen LogP) is 4.71. The second-order valence-corrected chi connectivity index (χ2v) is 6.36. The van der Waals surface area contributed by atoms with Crippen LogP contribution in [0.4, 0.5) is 14.6 Å². The fourth-order valence-corrected chi connectivity index (χ4v) is 3.42. The number of alkyl halides is 2. The number of hydrogen-bond donors (Lipinski definition) is 2. The summed E-state index contributed by atoms with van der Waals surface area (Å²) >= 11 is 3.51. The van der Waals surface area contributed by atoms with Gasteiger partial charge in [-0.1, -0.05) is 34.1 Å². The number of hydrogen-bond acceptors (Lipinski definition) is 2. The van der Waals surface area contributed by atoms with Crippen molar-refractivity contribution in [3.05, 3.63) is 34.4 Å². The van der Waals surface area contributed by atoms with Gasteiger partial charge in [-0.05, 0) is 18.9 Å². The van der Waals surface area contributed by atoms with Crippen molar-refractivity contribution < 1.29 is 8.78 Å². The lowest BCUT2D eigenvalue weighted by molar-refractivity contribution is -0.0384. The third-order valence-corrected chi connectivity index (χ3v) is 4.78. The molecule has 0 spiro atoms. The van der Waals surface area contributed by atoms with Crippen molar-refractivity contribution in [3.63, 3.8) is 0 Å². The lowest BCUT2D eigenvalue weighted by Crippen LogP contribution is -2.24. The summed E-state index contributed by atoms with van der Waals surface area (Å²) in [6, 6.07) is 7.73. The average molecular weight is 356 g/mol. The molecule has 0 atom stereocenters. The summed E-state index contributed by atoms with van der Waals surface area (Å²) in [7, 11) is 0. The molecule has 3 nitrogen and oxygen atoms in total. The number of nitrogen functional groups attached to an aromatic ring is 1. The van der Waals surface area contributed by atoms with E-state index in [0.717, 1.165) is 21.3 Å². The number of rotatable bonds is 2. The molecule has 3 rings (SSSR count). The first-order valence-electron chi connectivity index (χ1n) is 6.94. The van der Waals surface area contributed by atoms with E-state index in [1.807, 2.05) is 24.3 Å². The summed E-state index contributed by atoms with van der Waals surface area (Å²) in [5, 5.41) is 7.05. The summed E-state index contributed by atoms with van der Waals surface area (Å²) in [5.74, 6) is -2.07. The average Bonchev–Trinajstić information content (AvgIpc) is 2.81. The zero-order valence-electron chi connectivity index (χ0n) is 11.4. The zero-order chi connectivity index (χ0) is 15.0. The Labute approximate surface area is 130 Å². The molecule has 0 saturated heterocycles. The SMILES string of the molecule is Nc1n[nH]c(C2CCC(F)(F)CC2)c1-c1ccccc1Br. The number of benzene rings is 1. The molecule has 6 heteroatoms. The van der Waals surface area contributed by atoms with Gasteiger partial charge in [0, 0.05) is 40.1 Å². The molecule has 1 aliphatic carbocycles. The Kier molecular flexibility index (Phi) is 3.73. The molecule has 21 heavy (non-hydrogen) atoms. The fourth-order valence-electron chi connectivity index (χ4n) is 2.94. The first-order chi connectivity index (χ1) is 9.98. The number of nitrogens with zero attached hydrogens (tertiary/aromatic N) is 1. The Hall–Kier alpha value is -1.43. The van der Waals surface area contributed by atoms with Crippen LogP contribution in [0.1, 0.15) is 37.3 Å². The zero-order valence-corrected chi connectivity index (χ0v) is 13.0. The van der Waals surface area contributed by atoms with E-state index >= 15 is 0 Å². The van der Waals surface area contributed by atoms with E-state index in [1.165, 1.54) is 0 Å². The normalized spacial score (nSPS) is 18.8. The number of nitrogens with two attached hydrogens (primary N) is 1. The third-order valence-electron chi connectivity index (χ3n) is 4.09. The number of aromatic amines is 1. The molecule has 0 bridgehead atoms. The van der Waals surface area contributed by atoms with Crippen LogP contribution in [0, 0.1) is 0 Å². The van der Waals surface area contributed by atoms with Gasteiger partial charge >= 0.3 is 0 Å². The van der Waals surface area contributed by atoms with Crippen molar-refractivity contribution in [2.45, 2.75) is 37.5 Å². The van der Waals surface area contributed by atoms with Crippen LogP contribution in [-0.4, -0.2) is 16.1 Å². The molecule has 1 fully saturated rings. The molecule has 1 heterocycles. The Balaban J connectivity index is 1.97. The van der Waals surface area contributed by atoms with Gasteiger partial charge in [-0.3, -0.25) is 5.10 Å². The van der Waals surface area contributed by atoms with Crippen LogP contribution < -0.4 is 5.73 Å². The molecule has 0 radical (unpaired) electrons. The molecular formula is C15H16BrF2N3. The predicted molar refractivity (Wildman–Crippen MR) is 82.3 cm³/mol. The first kappa shape index (κ1) is 14.5. The van der Waals surface area contributed by atoms with Crippen molar-refractivity contribution in [2.75, 3.05) is 5.73 Å². The molecule has 1 aromatic carbocycles. The van der Waals surface area contributed by atoms with Crippen LogP contribution in [0.15, 0.2) is 28.7 Å². The number of nitrogens with one attached hydrogen (secondary N) is 1. The molecule has 0 unspecified atom stereocenters. The molecule has 1 aliphatic rings. The van der Waals surface area contributed by atoms with Crippen LogP contribution in [0.5, 0.6) is 0 Å². The topological polar surface area (TPSA) is 54.7 Å². The van der Waals surface area contributed by atoms with Crippen molar-refractivity contribution in [2.24, 2.45) is 0 Å². The van der Waals surface area contributed by atoms with Gasteiger partial charge in [-0.15, -0.1) is 0 Å². The maximum absolute atomic E-state index is 13.3. The van der Waals surface area contributed by atoms with Gasteiger partial charge in [0.2, 0.25) is 5.92 Å². The molecule has 3 N–H and O–H groups in total. The summed E-state index contributed by atoms with van der Waals surface area (Å²) in [5.41, 5.74) is 8.63. The highest BCUT2D eigenvalue weighted by atomic mass is 79.9. The highest BCUT2D eigenvalue weighted by Crippen LogP contribution is 2.45. The minimum atomic E-state index is -2.53. The van der Waals surface area contributed by atoms with E-state index in [2.05, 4.69) is 26.1 Å². The van der Waals surface area contributed by atoms with Crippen LogP contribution >= 0.6 is 15.9 Å². The van der Waals surface area contributed by atoms with E-state index in [9.17, 15) is 8.78 Å². The minimum absolute atomic E-state index is 0.0523. The molecule has 0 aliphatic heterocycles. The molecule has 2 aromatic rings. The van der Waals surface area contributed by atoms with Gasteiger partial charge in [0.1, 0.15) is 0 Å². The standard InChI is InChI=1S/C15H16BrF2N3/c16-11-4-2-1-3-10(11)12-13(20-21-14(12)19)9-5-7-15(17,18)8-6-9/h1-4,9H,5-8H2,(H3,19,20,21). The largest absolute Gasteiger partial charge is 0.382 e. The van der Waals surface area contributed by atoms with Crippen LogP contribution in [-0.2, 0) is 0 Å². The summed E-state index contributed by atoms with van der Waals surface area (Å²) < 4.78 is 27.6. The lowest BCUT2D eigenvalue weighted by atomic mass is 9.82. The van der Waals surface area contributed by atoms with E-state index in [1.54, 1.807) is 0 Å². The number of anilines is 1. The van der Waals surface area contributed by atoms with Crippen LogP contribution in [0.25, 0.3) is 11.1 Å². The molecule has 112 valence electrons. The molecular weight excluding hydrogens is 340 g/mol. The van der Waals surface area contributed by atoms with Gasteiger partial charge in [-0.2, -0.15) is 5.10 Å². The van der Waals surface area contributed by atoms with Crippen molar-refractivity contribution in [3.8, 4) is 11.1 Å². The second-order valence-electron chi connectivity index (χ2n) is 5.51. The monoisotopic (exact) mass is 355 g/mol. The summed E-state index contributed by atoms with van der Waals surface area (Å²) in [4.78, 5) is 0. The lowest BCUT2D eigenvalue weighted by Gasteiger charge is -2.28. The quantitative estimate of drug-likeness (QED) is 0.819. The van der Waals surface area contributed by atoms with Gasteiger partial charge in [0.05, 0.1) is 0 Å².